The highest BCUT2D eigenvalue weighted by atomic mass is 32.2. The summed E-state index contributed by atoms with van der Waals surface area (Å²) in [5.41, 5.74) is 2.09. The number of rotatable bonds is 5. The van der Waals surface area contributed by atoms with Crippen LogP contribution < -0.4 is 5.32 Å². The standard InChI is InChI=1S/C22H22N2O3S2/c1-15-10-11-19-20(12-15)28-22(23-19)24-21(25)17-7-5-6-16(13-17)14-29(26,27)18-8-3-2-4-9-18/h2-9,13,15H,10-12,14H2,1H3,(H,23,24,25)/t15-/m0/s1. The van der Waals surface area contributed by atoms with Crippen LogP contribution in [0.3, 0.4) is 0 Å². The van der Waals surface area contributed by atoms with Gasteiger partial charge in [0.1, 0.15) is 0 Å². The lowest BCUT2D eigenvalue weighted by molar-refractivity contribution is 0.102. The van der Waals surface area contributed by atoms with Crippen LogP contribution in [0.15, 0.2) is 59.5 Å². The molecule has 0 radical (unpaired) electrons. The lowest BCUT2D eigenvalue weighted by Crippen LogP contribution is -2.13. The van der Waals surface area contributed by atoms with Crippen molar-refractivity contribution < 1.29 is 13.2 Å². The number of nitrogens with one attached hydrogen (secondary N) is 1. The highest BCUT2D eigenvalue weighted by Gasteiger charge is 2.21. The first kappa shape index (κ1) is 19.8. The fourth-order valence-electron chi connectivity index (χ4n) is 3.50. The van der Waals surface area contributed by atoms with Crippen LogP contribution in [0.5, 0.6) is 0 Å². The molecular weight excluding hydrogens is 404 g/mol. The number of hydrogen-bond donors (Lipinski definition) is 1. The van der Waals surface area contributed by atoms with Gasteiger partial charge in [0.2, 0.25) is 0 Å². The third-order valence-electron chi connectivity index (χ3n) is 5.05. The first-order chi connectivity index (χ1) is 13.9. The summed E-state index contributed by atoms with van der Waals surface area (Å²) >= 11 is 1.53. The molecule has 1 aromatic heterocycles. The average molecular weight is 427 g/mol. The number of thiazole rings is 1. The summed E-state index contributed by atoms with van der Waals surface area (Å²) in [5, 5.41) is 3.48. The minimum Gasteiger partial charge on any atom is -0.298 e. The van der Waals surface area contributed by atoms with Gasteiger partial charge < -0.3 is 0 Å². The number of aryl methyl sites for hydroxylation is 1. The van der Waals surface area contributed by atoms with Crippen molar-refractivity contribution in [3.05, 3.63) is 76.3 Å². The van der Waals surface area contributed by atoms with Crippen molar-refractivity contribution in [2.45, 2.75) is 36.8 Å². The molecule has 1 atom stereocenters. The number of carbonyl (C=O) groups is 1. The van der Waals surface area contributed by atoms with Crippen LogP contribution in [0.4, 0.5) is 5.13 Å². The Balaban J connectivity index is 1.49. The highest BCUT2D eigenvalue weighted by molar-refractivity contribution is 7.90. The van der Waals surface area contributed by atoms with Crippen molar-refractivity contribution >= 4 is 32.2 Å². The van der Waals surface area contributed by atoms with E-state index in [0.29, 0.717) is 22.2 Å². The van der Waals surface area contributed by atoms with E-state index in [9.17, 15) is 13.2 Å². The van der Waals surface area contributed by atoms with Crippen molar-refractivity contribution in [3.8, 4) is 0 Å². The molecule has 5 nitrogen and oxygen atoms in total. The van der Waals surface area contributed by atoms with Crippen LogP contribution in [0, 0.1) is 5.92 Å². The fourth-order valence-corrected chi connectivity index (χ4v) is 6.02. The van der Waals surface area contributed by atoms with Crippen molar-refractivity contribution in [2.75, 3.05) is 5.32 Å². The molecule has 0 unspecified atom stereocenters. The van der Waals surface area contributed by atoms with Gasteiger partial charge in [0.15, 0.2) is 15.0 Å². The lowest BCUT2D eigenvalue weighted by Gasteiger charge is -2.15. The first-order valence-corrected chi connectivity index (χ1v) is 12.0. The van der Waals surface area contributed by atoms with E-state index in [1.807, 2.05) is 0 Å². The molecule has 0 saturated heterocycles. The van der Waals surface area contributed by atoms with Crippen LogP contribution in [-0.4, -0.2) is 19.3 Å². The maximum atomic E-state index is 12.7. The van der Waals surface area contributed by atoms with E-state index in [2.05, 4.69) is 17.2 Å². The zero-order valence-corrected chi connectivity index (χ0v) is 17.7. The Hall–Kier alpha value is -2.51. The van der Waals surface area contributed by atoms with E-state index in [1.54, 1.807) is 54.6 Å². The summed E-state index contributed by atoms with van der Waals surface area (Å²) in [6.07, 6.45) is 3.09. The van der Waals surface area contributed by atoms with Crippen molar-refractivity contribution in [1.29, 1.82) is 0 Å². The Labute approximate surface area is 174 Å². The molecule has 1 N–H and O–H groups in total. The monoisotopic (exact) mass is 426 g/mol. The summed E-state index contributed by atoms with van der Waals surface area (Å²) < 4.78 is 25.2. The zero-order valence-electron chi connectivity index (χ0n) is 16.1. The van der Waals surface area contributed by atoms with Gasteiger partial charge in [0, 0.05) is 10.4 Å². The minimum atomic E-state index is -3.46. The van der Waals surface area contributed by atoms with Gasteiger partial charge in [-0.2, -0.15) is 0 Å². The van der Waals surface area contributed by atoms with Gasteiger partial charge >= 0.3 is 0 Å². The predicted octanol–water partition coefficient (Wildman–Crippen LogP) is 4.49. The SMILES string of the molecule is C[C@H]1CCc2nc(NC(=O)c3cccc(CS(=O)(=O)c4ccccc4)c3)sc2C1. The van der Waals surface area contributed by atoms with Gasteiger partial charge in [-0.3, -0.25) is 10.1 Å². The van der Waals surface area contributed by atoms with Crippen molar-refractivity contribution in [1.82, 2.24) is 4.98 Å². The largest absolute Gasteiger partial charge is 0.298 e. The molecule has 0 spiro atoms. The molecule has 3 aromatic rings. The normalized spacial score (nSPS) is 16.2. The second-order valence-corrected chi connectivity index (χ2v) is 10.5. The zero-order chi connectivity index (χ0) is 20.4. The topological polar surface area (TPSA) is 76.1 Å². The molecule has 0 bridgehead atoms. The summed E-state index contributed by atoms with van der Waals surface area (Å²) in [6, 6.07) is 15.1. The van der Waals surface area contributed by atoms with Crippen LogP contribution in [0.2, 0.25) is 0 Å². The molecular formula is C22H22N2O3S2. The Morgan fingerprint density at radius 2 is 1.97 bits per heavy atom. The Morgan fingerprint density at radius 3 is 2.76 bits per heavy atom. The molecule has 2 aromatic carbocycles. The first-order valence-electron chi connectivity index (χ1n) is 9.57. The second-order valence-electron chi connectivity index (χ2n) is 7.46. The highest BCUT2D eigenvalue weighted by Crippen LogP contribution is 2.32. The fraction of sp³-hybridized carbons (Fsp3) is 0.273. The maximum absolute atomic E-state index is 12.7. The number of fused-ring (bicyclic) bond motifs is 1. The number of aromatic nitrogens is 1. The molecule has 0 saturated carbocycles. The Morgan fingerprint density at radius 1 is 1.17 bits per heavy atom. The molecule has 1 amide bonds. The average Bonchev–Trinajstić information content (AvgIpc) is 3.10. The number of carbonyl (C=O) groups excluding carboxylic acids is 1. The van der Waals surface area contributed by atoms with E-state index in [0.717, 1.165) is 25.0 Å². The van der Waals surface area contributed by atoms with Crippen molar-refractivity contribution in [2.24, 2.45) is 5.92 Å². The number of benzene rings is 2. The maximum Gasteiger partial charge on any atom is 0.257 e. The molecule has 1 heterocycles. The van der Waals surface area contributed by atoms with Crippen molar-refractivity contribution in [3.63, 3.8) is 0 Å². The third kappa shape index (κ3) is 4.57. The van der Waals surface area contributed by atoms with E-state index in [1.165, 1.54) is 16.2 Å². The summed E-state index contributed by atoms with van der Waals surface area (Å²) in [7, 11) is -3.46. The van der Waals surface area contributed by atoms with Crippen LogP contribution in [0.25, 0.3) is 0 Å². The molecule has 150 valence electrons. The molecule has 1 aliphatic carbocycles. The molecule has 1 aliphatic rings. The van der Waals surface area contributed by atoms with Gasteiger partial charge in [0.05, 0.1) is 16.3 Å². The second kappa shape index (κ2) is 8.08. The number of nitrogens with zero attached hydrogens (tertiary/aromatic N) is 1. The molecule has 4 rings (SSSR count). The van der Waals surface area contributed by atoms with Gasteiger partial charge in [-0.1, -0.05) is 37.3 Å². The minimum absolute atomic E-state index is 0.151. The smallest absolute Gasteiger partial charge is 0.257 e. The summed E-state index contributed by atoms with van der Waals surface area (Å²) in [6.45, 7) is 2.23. The van der Waals surface area contributed by atoms with Gasteiger partial charge in [-0.25, -0.2) is 13.4 Å². The van der Waals surface area contributed by atoms with Crippen LogP contribution >= 0.6 is 11.3 Å². The number of hydrogen-bond acceptors (Lipinski definition) is 5. The number of amides is 1. The van der Waals surface area contributed by atoms with E-state index >= 15 is 0 Å². The summed E-state index contributed by atoms with van der Waals surface area (Å²) in [5.74, 6) is 0.222. The third-order valence-corrected chi connectivity index (χ3v) is 7.79. The predicted molar refractivity (Wildman–Crippen MR) is 115 cm³/mol. The van der Waals surface area contributed by atoms with Gasteiger partial charge in [-0.15, -0.1) is 11.3 Å². The summed E-state index contributed by atoms with van der Waals surface area (Å²) in [4.78, 5) is 18.8. The quantitative estimate of drug-likeness (QED) is 0.652. The van der Waals surface area contributed by atoms with Crippen LogP contribution in [-0.2, 0) is 28.4 Å². The van der Waals surface area contributed by atoms with E-state index in [-0.39, 0.29) is 16.6 Å². The molecule has 7 heteroatoms. The van der Waals surface area contributed by atoms with Gasteiger partial charge in [-0.05, 0) is 55.0 Å². The lowest BCUT2D eigenvalue weighted by atomic mass is 9.93. The van der Waals surface area contributed by atoms with E-state index < -0.39 is 9.84 Å². The van der Waals surface area contributed by atoms with Gasteiger partial charge in [0.25, 0.3) is 5.91 Å². The number of anilines is 1. The Bertz CT molecular complexity index is 1140. The molecule has 29 heavy (non-hydrogen) atoms. The van der Waals surface area contributed by atoms with E-state index in [4.69, 9.17) is 0 Å². The van der Waals surface area contributed by atoms with Crippen LogP contribution in [0.1, 0.15) is 39.8 Å². The number of sulfone groups is 1. The molecule has 0 fully saturated rings. The molecule has 0 aliphatic heterocycles. The Kier molecular flexibility index (Phi) is 5.52.